The van der Waals surface area contributed by atoms with Gasteiger partial charge < -0.3 is 10.2 Å². The third-order valence-electron chi connectivity index (χ3n) is 6.57. The summed E-state index contributed by atoms with van der Waals surface area (Å²) >= 11 is 1.46. The Morgan fingerprint density at radius 3 is 2.61 bits per heavy atom. The number of thiazole rings is 1. The molecule has 170 valence electrons. The highest BCUT2D eigenvalue weighted by Crippen LogP contribution is 2.29. The van der Waals surface area contributed by atoms with Crippen LogP contribution in [0.1, 0.15) is 47.3 Å². The van der Waals surface area contributed by atoms with E-state index >= 15 is 0 Å². The summed E-state index contributed by atoms with van der Waals surface area (Å²) in [5, 5.41) is 5.83. The number of carbonyl (C=O) groups excluding carboxylic acids is 2. The summed E-state index contributed by atoms with van der Waals surface area (Å²) in [5.74, 6) is 0.332. The predicted molar refractivity (Wildman–Crippen MR) is 126 cm³/mol. The predicted octanol–water partition coefficient (Wildman–Crippen LogP) is 4.82. The van der Waals surface area contributed by atoms with Crippen LogP contribution in [0, 0.1) is 11.7 Å². The third kappa shape index (κ3) is 4.98. The topological polar surface area (TPSA) is 62.3 Å². The van der Waals surface area contributed by atoms with Gasteiger partial charge in [0.05, 0.1) is 12.1 Å². The van der Waals surface area contributed by atoms with Gasteiger partial charge >= 0.3 is 0 Å². The summed E-state index contributed by atoms with van der Waals surface area (Å²) in [7, 11) is 0. The van der Waals surface area contributed by atoms with Crippen molar-refractivity contribution in [2.45, 2.75) is 44.7 Å². The van der Waals surface area contributed by atoms with Crippen molar-refractivity contribution >= 4 is 23.2 Å². The van der Waals surface area contributed by atoms with Gasteiger partial charge in [-0.15, -0.1) is 11.3 Å². The highest BCUT2D eigenvalue weighted by atomic mass is 32.1. The molecule has 1 fully saturated rings. The molecule has 0 saturated heterocycles. The van der Waals surface area contributed by atoms with Gasteiger partial charge in [0, 0.05) is 35.6 Å². The third-order valence-corrected chi connectivity index (χ3v) is 7.51. The minimum absolute atomic E-state index is 0.0143. The van der Waals surface area contributed by atoms with Crippen LogP contribution >= 0.6 is 11.3 Å². The van der Waals surface area contributed by atoms with Crippen LogP contribution in [0.4, 0.5) is 4.39 Å². The zero-order valence-corrected chi connectivity index (χ0v) is 19.1. The van der Waals surface area contributed by atoms with Gasteiger partial charge in [0.2, 0.25) is 5.91 Å². The van der Waals surface area contributed by atoms with E-state index in [1.165, 1.54) is 23.5 Å². The molecule has 0 unspecified atom stereocenters. The van der Waals surface area contributed by atoms with Crippen molar-refractivity contribution in [2.24, 2.45) is 5.92 Å². The molecule has 3 aromatic rings. The molecule has 1 aliphatic heterocycles. The molecule has 1 N–H and O–H groups in total. The van der Waals surface area contributed by atoms with Gasteiger partial charge in [0.1, 0.15) is 10.8 Å². The second-order valence-corrected chi connectivity index (χ2v) is 9.81. The molecule has 2 amide bonds. The average Bonchev–Trinajstić information content (AvgIpc) is 3.40. The maximum atomic E-state index is 13.1. The molecule has 2 heterocycles. The highest BCUT2D eigenvalue weighted by molar-refractivity contribution is 7.13. The van der Waals surface area contributed by atoms with Crippen LogP contribution in [0.5, 0.6) is 0 Å². The Kier molecular flexibility index (Phi) is 6.22. The minimum atomic E-state index is -0.276. The fraction of sp³-hybridized carbons (Fsp3) is 0.346. The number of rotatable bonds is 6. The molecular weight excluding hydrogens is 437 g/mol. The first-order valence-electron chi connectivity index (χ1n) is 11.4. The van der Waals surface area contributed by atoms with Crippen LogP contribution in [0.25, 0.3) is 10.6 Å². The summed E-state index contributed by atoms with van der Waals surface area (Å²) in [6.45, 7) is 1.50. The van der Waals surface area contributed by atoms with Crippen LogP contribution in [-0.2, 0) is 17.8 Å². The van der Waals surface area contributed by atoms with Crippen molar-refractivity contribution in [1.82, 2.24) is 15.2 Å². The molecule has 1 aromatic heterocycles. The molecule has 0 radical (unpaired) electrons. The summed E-state index contributed by atoms with van der Waals surface area (Å²) in [6.07, 6.45) is 4.14. The van der Waals surface area contributed by atoms with Crippen molar-refractivity contribution in [3.63, 3.8) is 0 Å². The Morgan fingerprint density at radius 1 is 1.09 bits per heavy atom. The van der Waals surface area contributed by atoms with Gasteiger partial charge in [-0.3, -0.25) is 9.59 Å². The van der Waals surface area contributed by atoms with Crippen molar-refractivity contribution < 1.29 is 14.0 Å². The number of fused-ring (bicyclic) bond motifs is 1. The smallest absolute Gasteiger partial charge is 0.254 e. The van der Waals surface area contributed by atoms with E-state index in [2.05, 4.69) is 10.3 Å². The van der Waals surface area contributed by atoms with E-state index in [0.29, 0.717) is 12.5 Å². The van der Waals surface area contributed by atoms with Gasteiger partial charge in [-0.05, 0) is 67.5 Å². The van der Waals surface area contributed by atoms with Crippen LogP contribution in [0.15, 0.2) is 53.9 Å². The number of carbonyl (C=O) groups is 2. The maximum absolute atomic E-state index is 13.1. The van der Waals surface area contributed by atoms with Gasteiger partial charge in [-0.25, -0.2) is 9.37 Å². The molecule has 0 bridgehead atoms. The lowest BCUT2D eigenvalue weighted by Gasteiger charge is -2.31. The second-order valence-electron chi connectivity index (χ2n) is 8.96. The Hall–Kier alpha value is -3.06. The summed E-state index contributed by atoms with van der Waals surface area (Å²) in [6, 6.07) is 14.3. The fourth-order valence-electron chi connectivity index (χ4n) is 4.82. The molecule has 0 atom stereocenters. The normalized spacial score (nSPS) is 20.0. The number of nitrogens with one attached hydrogen (secondary N) is 1. The number of nitrogens with zero attached hydrogens (tertiary/aromatic N) is 2. The lowest BCUT2D eigenvalue weighted by atomic mass is 9.85. The van der Waals surface area contributed by atoms with Crippen LogP contribution < -0.4 is 5.32 Å². The number of hydrogen-bond donors (Lipinski definition) is 1. The van der Waals surface area contributed by atoms with Gasteiger partial charge in [-0.1, -0.05) is 18.2 Å². The molecule has 33 heavy (non-hydrogen) atoms. The van der Waals surface area contributed by atoms with Gasteiger partial charge in [0.15, 0.2) is 0 Å². The Labute approximate surface area is 196 Å². The van der Waals surface area contributed by atoms with Crippen LogP contribution in [0.2, 0.25) is 0 Å². The Bertz CT molecular complexity index is 1150. The SMILES string of the molecule is O=C(Cc1csc(-c2ccc(F)cc2)n1)NC1CCC(CN2Cc3ccccc3C2=O)CC1. The monoisotopic (exact) mass is 463 g/mol. The summed E-state index contributed by atoms with van der Waals surface area (Å²) in [4.78, 5) is 31.7. The lowest BCUT2D eigenvalue weighted by Crippen LogP contribution is -2.40. The Balaban J connectivity index is 1.08. The van der Waals surface area contributed by atoms with E-state index in [4.69, 9.17) is 0 Å². The van der Waals surface area contributed by atoms with Crippen molar-refractivity contribution in [2.75, 3.05) is 6.54 Å². The molecule has 2 aliphatic rings. The number of aromatic nitrogens is 1. The molecule has 0 spiro atoms. The van der Waals surface area contributed by atoms with E-state index in [-0.39, 0.29) is 30.1 Å². The fourth-order valence-corrected chi connectivity index (χ4v) is 5.65. The second kappa shape index (κ2) is 9.43. The number of halogens is 1. The van der Waals surface area contributed by atoms with E-state index in [9.17, 15) is 14.0 Å². The first kappa shape index (κ1) is 21.8. The molecule has 7 heteroatoms. The van der Waals surface area contributed by atoms with Gasteiger partial charge in [-0.2, -0.15) is 0 Å². The zero-order chi connectivity index (χ0) is 22.8. The number of hydrogen-bond acceptors (Lipinski definition) is 4. The number of amides is 2. The van der Waals surface area contributed by atoms with E-state index in [1.807, 2.05) is 34.5 Å². The first-order chi connectivity index (χ1) is 16.0. The maximum Gasteiger partial charge on any atom is 0.254 e. The minimum Gasteiger partial charge on any atom is -0.353 e. The zero-order valence-electron chi connectivity index (χ0n) is 18.3. The lowest BCUT2D eigenvalue weighted by molar-refractivity contribution is -0.121. The largest absolute Gasteiger partial charge is 0.353 e. The molecule has 1 aliphatic carbocycles. The highest BCUT2D eigenvalue weighted by Gasteiger charge is 2.30. The average molecular weight is 464 g/mol. The van der Waals surface area contributed by atoms with E-state index in [0.717, 1.165) is 59.6 Å². The first-order valence-corrected chi connectivity index (χ1v) is 12.3. The molecule has 1 saturated carbocycles. The van der Waals surface area contributed by atoms with Crippen molar-refractivity contribution in [1.29, 1.82) is 0 Å². The van der Waals surface area contributed by atoms with E-state index in [1.54, 1.807) is 12.1 Å². The summed E-state index contributed by atoms with van der Waals surface area (Å²) < 4.78 is 13.1. The quantitative estimate of drug-likeness (QED) is 0.570. The van der Waals surface area contributed by atoms with Crippen LogP contribution in [-0.4, -0.2) is 34.3 Å². The van der Waals surface area contributed by atoms with Crippen molar-refractivity contribution in [3.05, 3.63) is 76.5 Å². The molecule has 5 rings (SSSR count). The summed E-state index contributed by atoms with van der Waals surface area (Å²) in [5.41, 5.74) is 3.54. The van der Waals surface area contributed by atoms with Gasteiger partial charge in [0.25, 0.3) is 5.91 Å². The molecule has 5 nitrogen and oxygen atoms in total. The van der Waals surface area contributed by atoms with Crippen molar-refractivity contribution in [3.8, 4) is 10.6 Å². The van der Waals surface area contributed by atoms with E-state index < -0.39 is 0 Å². The Morgan fingerprint density at radius 2 is 1.85 bits per heavy atom. The molecule has 2 aromatic carbocycles. The number of benzene rings is 2. The standard InChI is InChI=1S/C26H26FN3O2S/c27-20-9-7-18(8-10-20)25-29-22(16-33-25)13-24(31)28-21-11-5-17(6-12-21)14-30-15-19-3-1-2-4-23(19)26(30)32/h1-4,7-10,16-17,21H,5-6,11-15H2,(H,28,31). The van der Waals surface area contributed by atoms with Crippen LogP contribution in [0.3, 0.4) is 0 Å². The molecular formula is C26H26FN3O2S.